The third-order valence-corrected chi connectivity index (χ3v) is 5.08. The summed E-state index contributed by atoms with van der Waals surface area (Å²) in [6.07, 6.45) is -4.89. The molecule has 1 atom stereocenters. The van der Waals surface area contributed by atoms with Gasteiger partial charge in [0.25, 0.3) is 11.8 Å². The Morgan fingerprint density at radius 3 is 2.40 bits per heavy atom. The van der Waals surface area contributed by atoms with Crippen molar-refractivity contribution in [1.82, 2.24) is 15.5 Å². The van der Waals surface area contributed by atoms with E-state index in [0.29, 0.717) is 0 Å². The van der Waals surface area contributed by atoms with E-state index in [2.05, 4.69) is 5.32 Å². The Morgan fingerprint density at radius 2 is 1.71 bits per heavy atom. The predicted molar refractivity (Wildman–Crippen MR) is 109 cm³/mol. The van der Waals surface area contributed by atoms with Crippen molar-refractivity contribution in [2.75, 3.05) is 39.6 Å². The first-order valence-electron chi connectivity index (χ1n) is 10.6. The molecule has 0 bridgehead atoms. The van der Waals surface area contributed by atoms with E-state index in [1.54, 1.807) is 5.32 Å². The van der Waals surface area contributed by atoms with Gasteiger partial charge in [-0.05, 0) is 18.6 Å². The third kappa shape index (κ3) is 6.33. The molecule has 14 heteroatoms. The smallest absolute Gasteiger partial charge is 0.471 e. The summed E-state index contributed by atoms with van der Waals surface area (Å²) < 4.78 is 52.0. The van der Waals surface area contributed by atoms with Gasteiger partial charge < -0.3 is 19.5 Å². The third-order valence-electron chi connectivity index (χ3n) is 5.08. The van der Waals surface area contributed by atoms with Gasteiger partial charge in [-0.1, -0.05) is 6.07 Å². The van der Waals surface area contributed by atoms with E-state index in [0.717, 1.165) is 4.90 Å². The number of imide groups is 2. The molecule has 1 aromatic carbocycles. The number of halogens is 3. The molecule has 0 aliphatic carbocycles. The van der Waals surface area contributed by atoms with Crippen LogP contribution in [-0.2, 0) is 23.9 Å². The molecule has 1 saturated heterocycles. The number of hydrogen-bond acceptors (Lipinski definition) is 8. The van der Waals surface area contributed by atoms with Crippen LogP contribution in [0.5, 0.6) is 5.75 Å². The lowest BCUT2D eigenvalue weighted by atomic mass is 10.0. The summed E-state index contributed by atoms with van der Waals surface area (Å²) in [5.74, 6) is -4.42. The van der Waals surface area contributed by atoms with Crippen LogP contribution in [0, 0.1) is 0 Å². The van der Waals surface area contributed by atoms with Crippen molar-refractivity contribution in [3.05, 3.63) is 29.3 Å². The van der Waals surface area contributed by atoms with E-state index in [4.69, 9.17) is 14.2 Å². The molecule has 2 aliphatic heterocycles. The zero-order chi connectivity index (χ0) is 25.6. The minimum atomic E-state index is -4.94. The number of piperidine rings is 1. The predicted octanol–water partition coefficient (Wildman–Crippen LogP) is 0.178. The highest BCUT2D eigenvalue weighted by molar-refractivity contribution is 6.24. The molecule has 11 nitrogen and oxygen atoms in total. The lowest BCUT2D eigenvalue weighted by Crippen LogP contribution is -2.54. The molecule has 0 saturated carbocycles. The topological polar surface area (TPSA) is 140 Å². The van der Waals surface area contributed by atoms with E-state index < -0.39 is 41.8 Å². The van der Waals surface area contributed by atoms with E-state index in [1.807, 2.05) is 0 Å². The zero-order valence-electron chi connectivity index (χ0n) is 18.3. The van der Waals surface area contributed by atoms with E-state index in [-0.39, 0.29) is 69.3 Å². The molecule has 2 aliphatic rings. The first-order chi connectivity index (χ1) is 16.6. The molecule has 1 fully saturated rings. The number of alkyl halides is 3. The lowest BCUT2D eigenvalue weighted by molar-refractivity contribution is -0.173. The maximum absolute atomic E-state index is 12.9. The number of amides is 5. The fraction of sp³-hybridized carbons (Fsp3) is 0.476. The van der Waals surface area contributed by atoms with Crippen LogP contribution < -0.4 is 15.4 Å². The Kier molecular flexibility index (Phi) is 8.40. The molecular formula is C21H22F3N3O8. The van der Waals surface area contributed by atoms with Crippen LogP contribution in [0.3, 0.4) is 0 Å². The van der Waals surface area contributed by atoms with Gasteiger partial charge in [-0.25, -0.2) is 0 Å². The second-order valence-electron chi connectivity index (χ2n) is 7.45. The maximum Gasteiger partial charge on any atom is 0.471 e. The first kappa shape index (κ1) is 26.1. The summed E-state index contributed by atoms with van der Waals surface area (Å²) in [6, 6.07) is 3.38. The van der Waals surface area contributed by atoms with Crippen LogP contribution in [0.1, 0.15) is 33.6 Å². The lowest BCUT2D eigenvalue weighted by Gasteiger charge is -2.27. The molecule has 0 radical (unpaired) electrons. The largest absolute Gasteiger partial charge is 0.490 e. The quantitative estimate of drug-likeness (QED) is 0.323. The second-order valence-corrected chi connectivity index (χ2v) is 7.45. The molecule has 190 valence electrons. The minimum Gasteiger partial charge on any atom is -0.490 e. The molecule has 2 heterocycles. The number of hydrogen-bond donors (Lipinski definition) is 2. The van der Waals surface area contributed by atoms with Crippen LogP contribution in [0.25, 0.3) is 0 Å². The fourth-order valence-corrected chi connectivity index (χ4v) is 3.47. The van der Waals surface area contributed by atoms with Gasteiger partial charge in [0.05, 0.1) is 37.6 Å². The van der Waals surface area contributed by atoms with Gasteiger partial charge >= 0.3 is 12.1 Å². The number of fused-ring (bicyclic) bond motifs is 1. The van der Waals surface area contributed by atoms with Gasteiger partial charge in [0.15, 0.2) is 0 Å². The van der Waals surface area contributed by atoms with Crippen molar-refractivity contribution in [2.24, 2.45) is 0 Å². The fourth-order valence-electron chi connectivity index (χ4n) is 3.47. The average molecular weight is 501 g/mol. The summed E-state index contributed by atoms with van der Waals surface area (Å²) in [5, 5.41) is 3.79. The molecule has 0 spiro atoms. The van der Waals surface area contributed by atoms with Crippen LogP contribution >= 0.6 is 0 Å². The normalized spacial score (nSPS) is 17.9. The SMILES string of the molecule is O=C1CCC(N2C(=O)c3cccc(OCCOCCOCCNC(=O)C(F)(F)F)c3C2=O)C(=O)N1. The van der Waals surface area contributed by atoms with Crippen LogP contribution in [0.4, 0.5) is 13.2 Å². The van der Waals surface area contributed by atoms with Gasteiger partial charge in [0.2, 0.25) is 11.8 Å². The van der Waals surface area contributed by atoms with E-state index in [1.165, 1.54) is 18.2 Å². The molecule has 0 aromatic heterocycles. The van der Waals surface area contributed by atoms with Crippen molar-refractivity contribution < 1.29 is 51.4 Å². The van der Waals surface area contributed by atoms with Crippen molar-refractivity contribution >= 4 is 29.5 Å². The summed E-state index contributed by atoms with van der Waals surface area (Å²) in [6.45, 7) is -0.170. The van der Waals surface area contributed by atoms with Gasteiger partial charge in [-0.2, -0.15) is 13.2 Å². The van der Waals surface area contributed by atoms with Crippen molar-refractivity contribution in [1.29, 1.82) is 0 Å². The Bertz CT molecular complexity index is 1010. The molecule has 35 heavy (non-hydrogen) atoms. The Labute approximate surface area is 196 Å². The van der Waals surface area contributed by atoms with E-state index >= 15 is 0 Å². The van der Waals surface area contributed by atoms with Gasteiger partial charge in [0.1, 0.15) is 18.4 Å². The molecule has 1 unspecified atom stereocenters. The highest BCUT2D eigenvalue weighted by Crippen LogP contribution is 2.33. The monoisotopic (exact) mass is 501 g/mol. The van der Waals surface area contributed by atoms with Crippen LogP contribution in [0.15, 0.2) is 18.2 Å². The zero-order valence-corrected chi connectivity index (χ0v) is 18.3. The number of benzene rings is 1. The number of nitrogens with one attached hydrogen (secondary N) is 2. The number of carbonyl (C=O) groups is 5. The molecule has 2 N–H and O–H groups in total. The molecule has 5 amide bonds. The van der Waals surface area contributed by atoms with Gasteiger partial charge in [-0.3, -0.25) is 34.2 Å². The summed E-state index contributed by atoms with van der Waals surface area (Å²) in [5.41, 5.74) is 0.107. The number of rotatable bonds is 11. The Morgan fingerprint density at radius 1 is 1.03 bits per heavy atom. The Hall–Kier alpha value is -3.52. The molecule has 3 rings (SSSR count). The summed E-state index contributed by atoms with van der Waals surface area (Å²) in [4.78, 5) is 60.7. The number of carbonyl (C=O) groups excluding carboxylic acids is 5. The standard InChI is InChI=1S/C21H22F3N3O8/c22-21(23,24)20(32)25-6-7-33-8-9-34-10-11-35-14-3-1-2-12-16(14)19(31)27(18(12)30)13-4-5-15(28)26-17(13)29/h1-3,13H,4-11H2,(H,25,32)(H,26,28,29). The first-order valence-corrected chi connectivity index (χ1v) is 10.6. The minimum absolute atomic E-state index is 0.0103. The van der Waals surface area contributed by atoms with Crippen molar-refractivity contribution in [2.45, 2.75) is 25.1 Å². The molecule has 1 aromatic rings. The van der Waals surface area contributed by atoms with Crippen molar-refractivity contribution in [3.63, 3.8) is 0 Å². The highest BCUT2D eigenvalue weighted by atomic mass is 19.4. The summed E-state index contributed by atoms with van der Waals surface area (Å²) >= 11 is 0. The Balaban J connectivity index is 1.41. The maximum atomic E-state index is 12.9. The van der Waals surface area contributed by atoms with Gasteiger partial charge in [-0.15, -0.1) is 0 Å². The number of nitrogens with zero attached hydrogens (tertiary/aromatic N) is 1. The van der Waals surface area contributed by atoms with Crippen LogP contribution in [-0.4, -0.2) is 86.2 Å². The second kappa shape index (κ2) is 11.3. The summed E-state index contributed by atoms with van der Waals surface area (Å²) in [7, 11) is 0. The number of ether oxygens (including phenoxy) is 3. The molecular weight excluding hydrogens is 479 g/mol. The van der Waals surface area contributed by atoms with E-state index in [9.17, 15) is 37.1 Å². The van der Waals surface area contributed by atoms with Crippen LogP contribution in [0.2, 0.25) is 0 Å². The highest BCUT2D eigenvalue weighted by Gasteiger charge is 2.46. The van der Waals surface area contributed by atoms with Gasteiger partial charge in [0, 0.05) is 13.0 Å². The average Bonchev–Trinajstić information content (AvgIpc) is 3.05. The van der Waals surface area contributed by atoms with Crippen molar-refractivity contribution in [3.8, 4) is 5.75 Å².